The number of hydrogen-bond acceptors (Lipinski definition) is 1. The van der Waals surface area contributed by atoms with Crippen molar-refractivity contribution in [1.29, 1.82) is 0 Å². The van der Waals surface area contributed by atoms with Gasteiger partial charge in [-0.1, -0.05) is 32.0 Å². The van der Waals surface area contributed by atoms with E-state index in [4.69, 9.17) is 0 Å². The molecule has 0 radical (unpaired) electrons. The summed E-state index contributed by atoms with van der Waals surface area (Å²) in [4.78, 5) is 0. The lowest BCUT2D eigenvalue weighted by Gasteiger charge is -1.91. The van der Waals surface area contributed by atoms with Gasteiger partial charge in [0.15, 0.2) is 0 Å². The molecule has 0 unspecified atom stereocenters. The second-order valence-corrected chi connectivity index (χ2v) is 3.32. The number of aliphatic hydroxyl groups excluding tert-OH is 1. The van der Waals surface area contributed by atoms with Crippen molar-refractivity contribution in [3.8, 4) is 0 Å². The molecule has 0 aliphatic rings. The van der Waals surface area contributed by atoms with Crippen LogP contribution in [0.15, 0.2) is 36.1 Å². The molecule has 0 saturated heterocycles. The average Bonchev–Trinajstić information content (AvgIpc) is 2.19. The lowest BCUT2D eigenvalue weighted by atomic mass is 10.2. The summed E-state index contributed by atoms with van der Waals surface area (Å²) >= 11 is 0. The number of allylic oxidation sites excluding steroid dienone is 1. The largest absolute Gasteiger partial charge is 0.499 e. The topological polar surface area (TPSA) is 34.3 Å². The second kappa shape index (κ2) is 5.08. The van der Waals surface area contributed by atoms with E-state index in [0.29, 0.717) is 0 Å². The molecule has 0 bridgehead atoms. The minimum atomic E-state index is 0.0722. The maximum Gasteiger partial charge on any atom is 0.353 e. The van der Waals surface area contributed by atoms with E-state index in [0.717, 1.165) is 5.56 Å². The SMILES string of the molecule is CC(C)C(O)=C=[N+]=Cc1ccccc1. The summed E-state index contributed by atoms with van der Waals surface area (Å²) in [5.74, 6) is 2.82. The fraction of sp³-hybridized carbons (Fsp3) is 0.250. The summed E-state index contributed by atoms with van der Waals surface area (Å²) in [6.45, 7) is 3.78. The average molecular weight is 188 g/mol. The highest BCUT2D eigenvalue weighted by molar-refractivity contribution is 5.80. The van der Waals surface area contributed by atoms with Crippen LogP contribution in [-0.4, -0.2) is 17.2 Å². The van der Waals surface area contributed by atoms with Crippen molar-refractivity contribution in [2.75, 3.05) is 0 Å². The van der Waals surface area contributed by atoms with Gasteiger partial charge in [-0.25, -0.2) is 0 Å². The molecule has 0 atom stereocenters. The highest BCUT2D eigenvalue weighted by Gasteiger charge is 2.01. The molecular formula is C12H14NO+. The quantitative estimate of drug-likeness (QED) is 0.429. The summed E-state index contributed by atoms with van der Waals surface area (Å²) in [5, 5.41) is 9.30. The molecule has 14 heavy (non-hydrogen) atoms. The molecule has 0 aliphatic heterocycles. The Labute approximate surface area is 84.0 Å². The Morgan fingerprint density at radius 3 is 2.57 bits per heavy atom. The zero-order valence-electron chi connectivity index (χ0n) is 8.44. The first-order valence-corrected chi connectivity index (χ1v) is 4.60. The van der Waals surface area contributed by atoms with Crippen molar-refractivity contribution in [3.63, 3.8) is 0 Å². The van der Waals surface area contributed by atoms with Gasteiger partial charge in [-0.15, -0.1) is 0 Å². The van der Waals surface area contributed by atoms with Crippen molar-refractivity contribution in [2.24, 2.45) is 5.92 Å². The molecule has 0 heterocycles. The monoisotopic (exact) mass is 188 g/mol. The van der Waals surface area contributed by atoms with Crippen molar-refractivity contribution < 1.29 is 5.11 Å². The van der Waals surface area contributed by atoms with E-state index in [2.05, 4.69) is 10.5 Å². The molecule has 0 saturated carbocycles. The van der Waals surface area contributed by atoms with E-state index in [-0.39, 0.29) is 11.7 Å². The van der Waals surface area contributed by atoms with E-state index in [9.17, 15) is 5.11 Å². The van der Waals surface area contributed by atoms with Gasteiger partial charge >= 0.3 is 12.1 Å². The summed E-state index contributed by atoms with van der Waals surface area (Å²) in [7, 11) is 0. The molecule has 0 aromatic heterocycles. The van der Waals surface area contributed by atoms with Crippen LogP contribution in [0.1, 0.15) is 19.4 Å². The van der Waals surface area contributed by atoms with Crippen LogP contribution in [0.3, 0.4) is 0 Å². The van der Waals surface area contributed by atoms with Crippen LogP contribution in [0.25, 0.3) is 0 Å². The smallest absolute Gasteiger partial charge is 0.353 e. The van der Waals surface area contributed by atoms with Gasteiger partial charge in [-0.3, -0.25) is 0 Å². The third kappa shape index (κ3) is 3.32. The van der Waals surface area contributed by atoms with E-state index < -0.39 is 0 Å². The third-order valence-electron chi connectivity index (χ3n) is 1.74. The first kappa shape index (κ1) is 10.3. The van der Waals surface area contributed by atoms with Crippen LogP contribution in [0.4, 0.5) is 0 Å². The van der Waals surface area contributed by atoms with Crippen molar-refractivity contribution in [2.45, 2.75) is 13.8 Å². The van der Waals surface area contributed by atoms with Crippen molar-refractivity contribution in [3.05, 3.63) is 41.7 Å². The molecule has 0 spiro atoms. The van der Waals surface area contributed by atoms with Crippen LogP contribution in [-0.2, 0) is 0 Å². The molecule has 2 nitrogen and oxygen atoms in total. The zero-order chi connectivity index (χ0) is 10.4. The molecule has 0 aliphatic carbocycles. The van der Waals surface area contributed by atoms with E-state index in [1.807, 2.05) is 44.2 Å². The lowest BCUT2D eigenvalue weighted by Crippen LogP contribution is -1.94. The van der Waals surface area contributed by atoms with E-state index in [1.54, 1.807) is 6.21 Å². The molecule has 1 N–H and O–H groups in total. The first-order chi connectivity index (χ1) is 6.70. The van der Waals surface area contributed by atoms with Gasteiger partial charge in [0.05, 0.1) is 5.56 Å². The Morgan fingerprint density at radius 1 is 1.36 bits per heavy atom. The third-order valence-corrected chi connectivity index (χ3v) is 1.74. The molecule has 1 aromatic rings. The maximum atomic E-state index is 9.30. The van der Waals surface area contributed by atoms with Gasteiger partial charge in [-0.05, 0) is 16.8 Å². The fourth-order valence-electron chi connectivity index (χ4n) is 0.841. The number of nitrogens with zero attached hydrogens (tertiary/aromatic N) is 1. The zero-order valence-corrected chi connectivity index (χ0v) is 8.44. The van der Waals surface area contributed by atoms with Gasteiger partial charge in [0.1, 0.15) is 0 Å². The van der Waals surface area contributed by atoms with Crippen LogP contribution in [0.5, 0.6) is 0 Å². The number of aliphatic hydroxyl groups is 1. The Morgan fingerprint density at radius 2 is 2.00 bits per heavy atom. The van der Waals surface area contributed by atoms with E-state index >= 15 is 0 Å². The van der Waals surface area contributed by atoms with Gasteiger partial charge in [0.2, 0.25) is 5.76 Å². The fourth-order valence-corrected chi connectivity index (χ4v) is 0.841. The standard InChI is InChI=1S/C12H13NO/c1-10(2)12(14)9-13-8-11-6-4-3-5-7-11/h3-8,10H,1-2H3/p+1. The minimum Gasteiger partial charge on any atom is -0.499 e. The minimum absolute atomic E-state index is 0.0722. The van der Waals surface area contributed by atoms with Gasteiger partial charge in [0, 0.05) is 5.92 Å². The molecular weight excluding hydrogens is 174 g/mol. The molecule has 0 fully saturated rings. The van der Waals surface area contributed by atoms with E-state index in [1.165, 1.54) is 0 Å². The lowest BCUT2D eigenvalue weighted by molar-refractivity contribution is 0.361. The molecule has 1 aromatic carbocycles. The Hall–Kier alpha value is -1.75. The normalized spacial score (nSPS) is 9.07. The highest BCUT2D eigenvalue weighted by Crippen LogP contribution is 1.98. The number of rotatable bonds is 2. The molecule has 72 valence electrons. The van der Waals surface area contributed by atoms with Crippen LogP contribution >= 0.6 is 0 Å². The Kier molecular flexibility index (Phi) is 3.75. The predicted molar refractivity (Wildman–Crippen MR) is 59.7 cm³/mol. The molecule has 2 heteroatoms. The summed E-state index contributed by atoms with van der Waals surface area (Å²) < 4.78 is 3.90. The maximum absolute atomic E-state index is 9.30. The van der Waals surface area contributed by atoms with Gasteiger partial charge in [-0.2, -0.15) is 0 Å². The molecule has 1 rings (SSSR count). The van der Waals surface area contributed by atoms with Gasteiger partial charge < -0.3 is 5.11 Å². The Balaban J connectivity index is 2.89. The van der Waals surface area contributed by atoms with Crippen LogP contribution in [0.2, 0.25) is 0 Å². The highest BCUT2D eigenvalue weighted by atomic mass is 16.3. The second-order valence-electron chi connectivity index (χ2n) is 3.32. The number of benzene rings is 1. The summed E-state index contributed by atoms with van der Waals surface area (Å²) in [5.41, 5.74) is 0.997. The van der Waals surface area contributed by atoms with Crippen LogP contribution < -0.4 is 4.67 Å². The van der Waals surface area contributed by atoms with Crippen molar-refractivity contribution >= 4 is 12.1 Å². The first-order valence-electron chi connectivity index (χ1n) is 4.60. The summed E-state index contributed by atoms with van der Waals surface area (Å²) in [6, 6.07) is 9.71. The van der Waals surface area contributed by atoms with Gasteiger partial charge in [0.25, 0.3) is 0 Å². The predicted octanol–water partition coefficient (Wildman–Crippen LogP) is 1.94. The van der Waals surface area contributed by atoms with Crippen molar-refractivity contribution in [1.82, 2.24) is 4.67 Å². The Bertz CT molecular complexity index is 380. The number of hydrogen-bond donors (Lipinski definition) is 1. The summed E-state index contributed by atoms with van der Waals surface area (Å²) in [6.07, 6.45) is 1.67. The van der Waals surface area contributed by atoms with Crippen LogP contribution in [0, 0.1) is 5.92 Å². The molecule has 0 amide bonds.